The molecule has 216 valence electrons. The number of fused-ring (bicyclic) bond motifs is 1. The van der Waals surface area contributed by atoms with Gasteiger partial charge in [-0.25, -0.2) is 0 Å². The second-order valence-electron chi connectivity index (χ2n) is 12.5. The average molecular weight is 576 g/mol. The van der Waals surface area contributed by atoms with E-state index in [9.17, 15) is 14.4 Å². The van der Waals surface area contributed by atoms with Crippen LogP contribution in [0, 0.1) is 37.5 Å². The molecule has 2 bridgehead atoms. The van der Waals surface area contributed by atoms with E-state index in [4.69, 9.17) is 16.3 Å². The van der Waals surface area contributed by atoms with Crippen LogP contribution in [0.4, 0.5) is 5.69 Å². The molecule has 0 unspecified atom stereocenters. The quantitative estimate of drug-likeness (QED) is 0.464. The molecule has 1 aliphatic carbocycles. The predicted octanol–water partition coefficient (Wildman–Crippen LogP) is 5.19. The molecule has 41 heavy (non-hydrogen) atoms. The number of halogens is 1. The van der Waals surface area contributed by atoms with E-state index in [-0.39, 0.29) is 30.3 Å². The van der Waals surface area contributed by atoms with Crippen LogP contribution in [0.15, 0.2) is 54.6 Å². The first kappa shape index (κ1) is 28.0. The highest BCUT2D eigenvalue weighted by Crippen LogP contribution is 2.55. The van der Waals surface area contributed by atoms with Crippen molar-refractivity contribution in [3.63, 3.8) is 0 Å². The zero-order valence-electron chi connectivity index (χ0n) is 24.0. The predicted molar refractivity (Wildman–Crippen MR) is 158 cm³/mol. The summed E-state index contributed by atoms with van der Waals surface area (Å²) in [6.45, 7) is 8.59. The molecule has 1 spiro atoms. The Balaban J connectivity index is 1.32. The number of nitrogens with zero attached hydrogens (tertiary/aromatic N) is 1. The minimum atomic E-state index is -1.20. The lowest BCUT2D eigenvalue weighted by Crippen LogP contribution is -2.57. The first-order valence-electron chi connectivity index (χ1n) is 14.7. The Hall–Kier alpha value is -3.16. The Morgan fingerprint density at radius 1 is 1.07 bits per heavy atom. The highest BCUT2D eigenvalue weighted by atomic mass is 35.5. The Morgan fingerprint density at radius 2 is 1.83 bits per heavy atom. The van der Waals surface area contributed by atoms with E-state index in [0.29, 0.717) is 22.5 Å². The SMILES string of the molecule is Cc1ccc(CN2C(=O)[C@H]3[C@H](C(=O)Nc4ccc(C)c(Cl)c4)[C@H]4C=C[C@@]3(O4)[C@@H]2C(=O)N[C@@H]2CCC[C@@H](C)[C@H]2C)cc1. The van der Waals surface area contributed by atoms with Gasteiger partial charge < -0.3 is 20.3 Å². The summed E-state index contributed by atoms with van der Waals surface area (Å²) in [6, 6.07) is 12.5. The number of anilines is 1. The molecule has 4 aliphatic rings. The summed E-state index contributed by atoms with van der Waals surface area (Å²) in [6.07, 6.45) is 6.24. The number of hydrogen-bond acceptors (Lipinski definition) is 4. The monoisotopic (exact) mass is 575 g/mol. The van der Waals surface area contributed by atoms with E-state index in [2.05, 4.69) is 24.5 Å². The second-order valence-corrected chi connectivity index (χ2v) is 12.9. The molecular weight excluding hydrogens is 538 g/mol. The molecule has 3 aliphatic heterocycles. The molecular formula is C33H38ClN3O4. The zero-order valence-corrected chi connectivity index (χ0v) is 24.8. The standard InChI is InChI=1S/C33H38ClN3O4/c1-18-8-11-22(12-9-18)17-37-29(31(39)36-25-7-5-6-19(2)21(25)4)33-15-14-26(41-33)27(28(33)32(37)40)30(38)35-23-13-10-20(3)24(34)16-23/h8-16,19,21,25-29H,5-7,17H2,1-4H3,(H,35,38)(H,36,39)/t19-,21-,25-,26-,27-,28-,29+,33+/m1/s1. The van der Waals surface area contributed by atoms with Crippen LogP contribution < -0.4 is 10.6 Å². The number of amides is 3. The topological polar surface area (TPSA) is 87.7 Å². The van der Waals surface area contributed by atoms with E-state index in [1.807, 2.05) is 56.3 Å². The fourth-order valence-electron chi connectivity index (χ4n) is 7.27. The molecule has 0 aromatic heterocycles. The number of likely N-dealkylation sites (tertiary alicyclic amines) is 1. The zero-order chi connectivity index (χ0) is 29.1. The molecule has 6 rings (SSSR count). The van der Waals surface area contributed by atoms with Crippen molar-refractivity contribution in [2.45, 2.75) is 77.3 Å². The Bertz CT molecular complexity index is 1410. The smallest absolute Gasteiger partial charge is 0.246 e. The summed E-state index contributed by atoms with van der Waals surface area (Å²) in [5.74, 6) is -1.48. The maximum atomic E-state index is 14.3. The van der Waals surface area contributed by atoms with Crippen LogP contribution in [-0.4, -0.2) is 46.4 Å². The molecule has 2 aromatic rings. The molecule has 3 amide bonds. The second kappa shape index (κ2) is 10.6. The van der Waals surface area contributed by atoms with Gasteiger partial charge in [0.2, 0.25) is 17.7 Å². The molecule has 3 heterocycles. The summed E-state index contributed by atoms with van der Waals surface area (Å²) >= 11 is 6.30. The number of carbonyl (C=O) groups excluding carboxylic acids is 3. The summed E-state index contributed by atoms with van der Waals surface area (Å²) in [7, 11) is 0. The van der Waals surface area contributed by atoms with Gasteiger partial charge in [-0.2, -0.15) is 0 Å². The summed E-state index contributed by atoms with van der Waals surface area (Å²) in [5.41, 5.74) is 2.30. The molecule has 7 nitrogen and oxygen atoms in total. The molecule has 8 heteroatoms. The van der Waals surface area contributed by atoms with E-state index >= 15 is 0 Å². The van der Waals surface area contributed by atoms with Crippen molar-refractivity contribution in [1.29, 1.82) is 0 Å². The number of rotatable bonds is 6. The fraction of sp³-hybridized carbons (Fsp3) is 0.485. The molecule has 2 aromatic carbocycles. The molecule has 1 saturated carbocycles. The number of nitrogens with one attached hydrogen (secondary N) is 2. The van der Waals surface area contributed by atoms with Crippen molar-refractivity contribution in [3.05, 3.63) is 76.3 Å². The number of aryl methyl sites for hydroxylation is 2. The van der Waals surface area contributed by atoms with Crippen LogP contribution in [-0.2, 0) is 25.7 Å². The van der Waals surface area contributed by atoms with Crippen LogP contribution in [0.2, 0.25) is 5.02 Å². The van der Waals surface area contributed by atoms with Crippen LogP contribution in [0.3, 0.4) is 0 Å². The van der Waals surface area contributed by atoms with Crippen molar-refractivity contribution >= 4 is 35.0 Å². The van der Waals surface area contributed by atoms with Gasteiger partial charge in [-0.15, -0.1) is 0 Å². The van der Waals surface area contributed by atoms with E-state index < -0.39 is 29.6 Å². The average Bonchev–Trinajstić information content (AvgIpc) is 3.58. The van der Waals surface area contributed by atoms with Gasteiger partial charge in [-0.1, -0.05) is 86.3 Å². The number of ether oxygens (including phenoxy) is 1. The summed E-state index contributed by atoms with van der Waals surface area (Å²) in [5, 5.41) is 6.81. The molecule has 3 fully saturated rings. The third-order valence-electron chi connectivity index (χ3n) is 9.87. The van der Waals surface area contributed by atoms with Gasteiger partial charge in [0.15, 0.2) is 0 Å². The number of carbonyl (C=O) groups is 3. The Kier molecular flexibility index (Phi) is 7.23. The Morgan fingerprint density at radius 3 is 2.56 bits per heavy atom. The fourth-order valence-corrected chi connectivity index (χ4v) is 7.45. The third kappa shape index (κ3) is 4.77. The summed E-state index contributed by atoms with van der Waals surface area (Å²) in [4.78, 5) is 43.8. The van der Waals surface area contributed by atoms with Gasteiger partial charge in [-0.05, 0) is 55.4 Å². The van der Waals surface area contributed by atoms with Crippen molar-refractivity contribution in [2.24, 2.45) is 23.7 Å². The maximum Gasteiger partial charge on any atom is 0.246 e. The lowest BCUT2D eigenvalue weighted by molar-refractivity contribution is -0.142. The van der Waals surface area contributed by atoms with Gasteiger partial charge in [-0.3, -0.25) is 14.4 Å². The molecule has 0 radical (unpaired) electrons. The number of hydrogen-bond donors (Lipinski definition) is 2. The summed E-state index contributed by atoms with van der Waals surface area (Å²) < 4.78 is 6.51. The third-order valence-corrected chi connectivity index (χ3v) is 10.3. The van der Waals surface area contributed by atoms with E-state index in [0.717, 1.165) is 36.0 Å². The lowest BCUT2D eigenvalue weighted by Gasteiger charge is -2.38. The normalized spacial score (nSPS) is 33.6. The van der Waals surface area contributed by atoms with Gasteiger partial charge in [0.1, 0.15) is 11.6 Å². The van der Waals surface area contributed by atoms with Crippen molar-refractivity contribution in [2.75, 3.05) is 5.32 Å². The molecule has 2 N–H and O–H groups in total. The van der Waals surface area contributed by atoms with Gasteiger partial charge in [0, 0.05) is 23.3 Å². The minimum Gasteiger partial charge on any atom is -0.359 e. The maximum absolute atomic E-state index is 14.3. The van der Waals surface area contributed by atoms with Crippen LogP contribution >= 0.6 is 11.6 Å². The van der Waals surface area contributed by atoms with Crippen LogP contribution in [0.5, 0.6) is 0 Å². The first-order valence-corrected chi connectivity index (χ1v) is 15.1. The highest BCUT2D eigenvalue weighted by molar-refractivity contribution is 6.31. The van der Waals surface area contributed by atoms with Crippen molar-refractivity contribution in [3.8, 4) is 0 Å². The van der Waals surface area contributed by atoms with Gasteiger partial charge >= 0.3 is 0 Å². The van der Waals surface area contributed by atoms with Crippen molar-refractivity contribution < 1.29 is 19.1 Å². The lowest BCUT2D eigenvalue weighted by atomic mass is 9.73. The van der Waals surface area contributed by atoms with Gasteiger partial charge in [0.05, 0.1) is 17.9 Å². The Labute approximate surface area is 246 Å². The molecule has 2 saturated heterocycles. The number of benzene rings is 2. The largest absolute Gasteiger partial charge is 0.359 e. The van der Waals surface area contributed by atoms with Crippen LogP contribution in [0.1, 0.15) is 49.8 Å². The van der Waals surface area contributed by atoms with E-state index in [1.165, 1.54) is 0 Å². The first-order chi connectivity index (χ1) is 19.6. The minimum absolute atomic E-state index is 0.0333. The van der Waals surface area contributed by atoms with Gasteiger partial charge in [0.25, 0.3) is 0 Å². The molecule has 8 atom stereocenters. The van der Waals surface area contributed by atoms with Crippen LogP contribution in [0.25, 0.3) is 0 Å². The van der Waals surface area contributed by atoms with Crippen molar-refractivity contribution in [1.82, 2.24) is 10.2 Å². The van der Waals surface area contributed by atoms with E-state index in [1.54, 1.807) is 17.0 Å². The highest BCUT2D eigenvalue weighted by Gasteiger charge is 2.72.